The van der Waals surface area contributed by atoms with Gasteiger partial charge in [0.25, 0.3) is 5.69 Å². The lowest BCUT2D eigenvalue weighted by Gasteiger charge is -2.07. The predicted octanol–water partition coefficient (Wildman–Crippen LogP) is 0.483. The quantitative estimate of drug-likeness (QED) is 0.517. The zero-order valence-electron chi connectivity index (χ0n) is 7.28. The molecule has 1 aliphatic rings. The minimum Gasteiger partial charge on any atom is -0.547 e. The maximum atomic E-state index is 10.6. The zero-order chi connectivity index (χ0) is 11.0. The Morgan fingerprint density at radius 1 is 1.47 bits per heavy atom. The summed E-state index contributed by atoms with van der Waals surface area (Å²) in [6, 6.07) is 2.83. The summed E-state index contributed by atoms with van der Waals surface area (Å²) < 4.78 is 0. The highest BCUT2D eigenvalue weighted by molar-refractivity contribution is 5.80. The van der Waals surface area contributed by atoms with Gasteiger partial charge in [-0.3, -0.25) is 10.1 Å². The molecular weight excluding hydrogens is 202 g/mol. The molecule has 15 heavy (non-hydrogen) atoms. The SMILES string of the molecule is O=C([O-])C1N=Nc2c1cccc2[N+](=O)[O-]. The highest BCUT2D eigenvalue weighted by atomic mass is 16.6. The zero-order valence-corrected chi connectivity index (χ0v) is 7.28. The van der Waals surface area contributed by atoms with E-state index in [-0.39, 0.29) is 16.9 Å². The van der Waals surface area contributed by atoms with E-state index in [2.05, 4.69) is 10.2 Å². The van der Waals surface area contributed by atoms with E-state index in [0.717, 1.165) is 0 Å². The molecular formula is C8H4N3O4-. The molecule has 0 spiro atoms. The van der Waals surface area contributed by atoms with Crippen LogP contribution in [0.25, 0.3) is 0 Å². The smallest absolute Gasteiger partial charge is 0.297 e. The van der Waals surface area contributed by atoms with Crippen LogP contribution in [0, 0.1) is 10.1 Å². The standard InChI is InChI=1S/C8H5N3O4/c12-8(13)7-4-2-1-3-5(11(14)15)6(4)9-10-7/h1-3,7H,(H,12,13)/p-1. The van der Waals surface area contributed by atoms with Gasteiger partial charge in [0, 0.05) is 11.6 Å². The number of carboxylic acids is 1. The van der Waals surface area contributed by atoms with Crippen LogP contribution in [0.3, 0.4) is 0 Å². The van der Waals surface area contributed by atoms with E-state index in [1.54, 1.807) is 0 Å². The third kappa shape index (κ3) is 1.33. The molecule has 76 valence electrons. The van der Waals surface area contributed by atoms with Gasteiger partial charge in [-0.05, 0) is 0 Å². The van der Waals surface area contributed by atoms with Crippen LogP contribution in [0.1, 0.15) is 11.6 Å². The first-order valence-corrected chi connectivity index (χ1v) is 4.00. The molecule has 0 amide bonds. The third-order valence-corrected chi connectivity index (χ3v) is 2.03. The fourth-order valence-corrected chi connectivity index (χ4v) is 1.38. The van der Waals surface area contributed by atoms with Crippen molar-refractivity contribution in [3.8, 4) is 0 Å². The Balaban J connectivity index is 2.57. The van der Waals surface area contributed by atoms with E-state index in [9.17, 15) is 20.0 Å². The van der Waals surface area contributed by atoms with Gasteiger partial charge in [0.05, 0.1) is 10.9 Å². The molecule has 7 heteroatoms. The van der Waals surface area contributed by atoms with Crippen molar-refractivity contribution in [1.82, 2.24) is 0 Å². The fraction of sp³-hybridized carbons (Fsp3) is 0.125. The average Bonchev–Trinajstić information content (AvgIpc) is 2.59. The van der Waals surface area contributed by atoms with E-state index in [1.165, 1.54) is 18.2 Å². The molecule has 0 fully saturated rings. The van der Waals surface area contributed by atoms with Crippen molar-refractivity contribution in [1.29, 1.82) is 0 Å². The van der Waals surface area contributed by atoms with Gasteiger partial charge < -0.3 is 9.90 Å². The van der Waals surface area contributed by atoms with Crippen molar-refractivity contribution in [2.24, 2.45) is 10.2 Å². The number of fused-ring (bicyclic) bond motifs is 1. The lowest BCUT2D eigenvalue weighted by atomic mass is 10.1. The molecule has 1 unspecified atom stereocenters. The number of benzene rings is 1. The molecule has 0 aliphatic carbocycles. The number of rotatable bonds is 2. The van der Waals surface area contributed by atoms with Crippen LogP contribution in [-0.2, 0) is 4.79 Å². The van der Waals surface area contributed by atoms with Crippen LogP contribution < -0.4 is 5.11 Å². The van der Waals surface area contributed by atoms with Gasteiger partial charge in [-0.15, -0.1) is 5.11 Å². The number of aliphatic carboxylic acids is 1. The molecule has 0 saturated heterocycles. The number of carboxylic acid groups (broad SMARTS) is 1. The second-order valence-electron chi connectivity index (χ2n) is 2.91. The van der Waals surface area contributed by atoms with Crippen molar-refractivity contribution < 1.29 is 14.8 Å². The Bertz CT molecular complexity index is 483. The molecule has 2 rings (SSSR count). The van der Waals surface area contributed by atoms with E-state index in [0.29, 0.717) is 0 Å². The number of carbonyl (C=O) groups excluding carboxylic acids is 1. The Kier molecular flexibility index (Phi) is 1.93. The van der Waals surface area contributed by atoms with Crippen molar-refractivity contribution in [3.63, 3.8) is 0 Å². The molecule has 0 saturated carbocycles. The van der Waals surface area contributed by atoms with Crippen LogP contribution in [0.4, 0.5) is 11.4 Å². The van der Waals surface area contributed by atoms with Crippen molar-refractivity contribution in [3.05, 3.63) is 33.9 Å². The number of hydrogen-bond acceptors (Lipinski definition) is 6. The number of nitro groups is 1. The van der Waals surface area contributed by atoms with Crippen molar-refractivity contribution in [2.75, 3.05) is 0 Å². The molecule has 0 aromatic heterocycles. The highest BCUT2D eigenvalue weighted by Gasteiger charge is 2.28. The van der Waals surface area contributed by atoms with Gasteiger partial charge in [-0.2, -0.15) is 5.11 Å². The molecule has 1 aliphatic heterocycles. The predicted molar refractivity (Wildman–Crippen MR) is 45.4 cm³/mol. The number of hydrogen-bond donors (Lipinski definition) is 0. The maximum absolute atomic E-state index is 10.6. The normalized spacial score (nSPS) is 17.5. The second-order valence-corrected chi connectivity index (χ2v) is 2.91. The lowest BCUT2D eigenvalue weighted by molar-refractivity contribution is -0.384. The molecule has 1 aromatic rings. The number of carbonyl (C=O) groups is 1. The molecule has 0 N–H and O–H groups in total. The van der Waals surface area contributed by atoms with Gasteiger partial charge in [0.15, 0.2) is 5.69 Å². The molecule has 0 radical (unpaired) electrons. The average molecular weight is 206 g/mol. The Morgan fingerprint density at radius 2 is 2.20 bits per heavy atom. The van der Waals surface area contributed by atoms with Crippen molar-refractivity contribution >= 4 is 17.3 Å². The summed E-state index contributed by atoms with van der Waals surface area (Å²) in [5.74, 6) is -1.42. The topological polar surface area (TPSA) is 108 Å². The van der Waals surface area contributed by atoms with E-state index < -0.39 is 16.9 Å². The Hall–Kier alpha value is -2.31. The Labute approximate surface area is 83.2 Å². The molecule has 1 aromatic carbocycles. The fourth-order valence-electron chi connectivity index (χ4n) is 1.38. The number of nitro benzene ring substituents is 1. The summed E-state index contributed by atoms with van der Waals surface area (Å²) in [5.41, 5.74) is -0.0547. The van der Waals surface area contributed by atoms with Crippen LogP contribution in [0.2, 0.25) is 0 Å². The minimum atomic E-state index is -1.42. The summed E-state index contributed by atoms with van der Waals surface area (Å²) in [7, 11) is 0. The van der Waals surface area contributed by atoms with Gasteiger partial charge >= 0.3 is 0 Å². The van der Waals surface area contributed by atoms with Gasteiger partial charge in [0.2, 0.25) is 0 Å². The van der Waals surface area contributed by atoms with Crippen LogP contribution in [0.5, 0.6) is 0 Å². The summed E-state index contributed by atoms with van der Waals surface area (Å²) >= 11 is 0. The van der Waals surface area contributed by atoms with Crippen molar-refractivity contribution in [2.45, 2.75) is 6.04 Å². The van der Waals surface area contributed by atoms with Gasteiger partial charge in [-0.25, -0.2) is 0 Å². The van der Waals surface area contributed by atoms with Crippen LogP contribution in [0.15, 0.2) is 28.4 Å². The first-order chi connectivity index (χ1) is 7.11. The van der Waals surface area contributed by atoms with E-state index in [4.69, 9.17) is 0 Å². The van der Waals surface area contributed by atoms with Gasteiger partial charge in [0.1, 0.15) is 6.04 Å². The number of nitrogens with zero attached hydrogens (tertiary/aromatic N) is 3. The number of azo groups is 1. The summed E-state index contributed by atoms with van der Waals surface area (Å²) in [4.78, 5) is 20.6. The largest absolute Gasteiger partial charge is 0.547 e. The maximum Gasteiger partial charge on any atom is 0.297 e. The van der Waals surface area contributed by atoms with E-state index >= 15 is 0 Å². The van der Waals surface area contributed by atoms with Gasteiger partial charge in [-0.1, -0.05) is 12.1 Å². The molecule has 0 bridgehead atoms. The first-order valence-electron chi connectivity index (χ1n) is 4.00. The molecule has 7 nitrogen and oxygen atoms in total. The molecule has 1 heterocycles. The first kappa shape index (κ1) is 9.25. The third-order valence-electron chi connectivity index (χ3n) is 2.03. The minimum absolute atomic E-state index is 0.00306. The highest BCUT2D eigenvalue weighted by Crippen LogP contribution is 2.41. The van der Waals surface area contributed by atoms with Crippen LogP contribution in [-0.4, -0.2) is 10.9 Å². The summed E-state index contributed by atoms with van der Waals surface area (Å²) in [6.45, 7) is 0. The monoisotopic (exact) mass is 206 g/mol. The van der Waals surface area contributed by atoms with E-state index in [1.807, 2.05) is 0 Å². The Morgan fingerprint density at radius 3 is 2.80 bits per heavy atom. The summed E-state index contributed by atoms with van der Waals surface area (Å²) in [5, 5.41) is 28.1. The second kappa shape index (κ2) is 3.12. The molecule has 1 atom stereocenters. The lowest BCUT2D eigenvalue weighted by Crippen LogP contribution is -2.27. The summed E-state index contributed by atoms with van der Waals surface area (Å²) in [6.07, 6.45) is 0. The van der Waals surface area contributed by atoms with Crippen LogP contribution >= 0.6 is 0 Å².